The van der Waals surface area contributed by atoms with Gasteiger partial charge in [0.05, 0.1) is 30.3 Å². The van der Waals surface area contributed by atoms with E-state index in [9.17, 15) is 0 Å². The van der Waals surface area contributed by atoms with Gasteiger partial charge < -0.3 is 25.4 Å². The second kappa shape index (κ2) is 11.0. The highest BCUT2D eigenvalue weighted by Gasteiger charge is 2.26. The smallest absolute Gasteiger partial charge is 0.143 e. The van der Waals surface area contributed by atoms with Crippen LogP contribution in [-0.4, -0.2) is 57.4 Å². The van der Waals surface area contributed by atoms with Crippen molar-refractivity contribution in [3.63, 3.8) is 0 Å². The standard InChI is InChI=1S/C34H36N4O2S/c1-22-18-31-34(21-27(22)26-3-6-28(35)23(2)17-26)41-33-20-25(24-4-7-29-32(19-24)40-14-9-36-29)5-8-30(33)38(31)11-10-37-12-15-39-16-13-37/h3-8,17-21,36H,9-16,35H2,1-2H3. The van der Waals surface area contributed by atoms with Crippen molar-refractivity contribution in [3.05, 3.63) is 77.9 Å². The Morgan fingerprint density at radius 1 is 0.780 bits per heavy atom. The van der Waals surface area contributed by atoms with Crippen LogP contribution in [-0.2, 0) is 4.74 Å². The van der Waals surface area contributed by atoms with E-state index in [4.69, 9.17) is 15.2 Å². The maximum absolute atomic E-state index is 6.15. The van der Waals surface area contributed by atoms with Crippen LogP contribution in [0.15, 0.2) is 76.5 Å². The molecule has 7 heteroatoms. The van der Waals surface area contributed by atoms with E-state index in [1.54, 1.807) is 0 Å². The zero-order valence-electron chi connectivity index (χ0n) is 23.7. The summed E-state index contributed by atoms with van der Waals surface area (Å²) in [5.41, 5.74) is 17.8. The van der Waals surface area contributed by atoms with E-state index in [1.807, 2.05) is 17.8 Å². The van der Waals surface area contributed by atoms with Gasteiger partial charge in [0.1, 0.15) is 12.4 Å². The van der Waals surface area contributed by atoms with Gasteiger partial charge in [-0.15, -0.1) is 0 Å². The molecule has 4 aromatic carbocycles. The van der Waals surface area contributed by atoms with Crippen LogP contribution in [0.2, 0.25) is 0 Å². The number of benzene rings is 4. The number of nitrogens with zero attached hydrogens (tertiary/aromatic N) is 2. The monoisotopic (exact) mass is 564 g/mol. The van der Waals surface area contributed by atoms with Crippen LogP contribution in [0.1, 0.15) is 11.1 Å². The van der Waals surface area contributed by atoms with Crippen molar-refractivity contribution in [1.29, 1.82) is 0 Å². The van der Waals surface area contributed by atoms with Crippen LogP contribution < -0.4 is 20.7 Å². The first kappa shape index (κ1) is 26.3. The molecule has 3 aliphatic heterocycles. The highest BCUT2D eigenvalue weighted by atomic mass is 32.2. The van der Waals surface area contributed by atoms with Crippen molar-refractivity contribution in [3.8, 4) is 28.0 Å². The number of nitrogen functional groups attached to an aromatic ring is 1. The number of hydrogen-bond acceptors (Lipinski definition) is 7. The fourth-order valence-corrected chi connectivity index (χ4v) is 7.14. The van der Waals surface area contributed by atoms with Crippen LogP contribution in [0.4, 0.5) is 22.7 Å². The third-order valence-electron chi connectivity index (χ3n) is 8.38. The van der Waals surface area contributed by atoms with Crippen molar-refractivity contribution in [2.45, 2.75) is 23.6 Å². The summed E-state index contributed by atoms with van der Waals surface area (Å²) in [6.45, 7) is 11.4. The number of nitrogens with one attached hydrogen (secondary N) is 1. The largest absolute Gasteiger partial charge is 0.490 e. The lowest BCUT2D eigenvalue weighted by atomic mass is 9.97. The molecule has 6 nitrogen and oxygen atoms in total. The summed E-state index contributed by atoms with van der Waals surface area (Å²) in [7, 11) is 0. The van der Waals surface area contributed by atoms with Crippen LogP contribution >= 0.6 is 11.8 Å². The van der Waals surface area contributed by atoms with E-state index in [0.717, 1.165) is 68.6 Å². The molecular formula is C34H36N4O2S. The zero-order valence-corrected chi connectivity index (χ0v) is 24.5. The number of rotatable bonds is 5. The van der Waals surface area contributed by atoms with Gasteiger partial charge in [-0.25, -0.2) is 0 Å². The van der Waals surface area contributed by atoms with Crippen molar-refractivity contribution in [2.24, 2.45) is 0 Å². The quantitative estimate of drug-likeness (QED) is 0.254. The molecule has 7 rings (SSSR count). The maximum atomic E-state index is 6.15. The Bertz CT molecular complexity index is 1620. The number of ether oxygens (including phenoxy) is 2. The molecule has 210 valence electrons. The van der Waals surface area contributed by atoms with Gasteiger partial charge in [0.2, 0.25) is 0 Å². The van der Waals surface area contributed by atoms with Gasteiger partial charge in [0, 0.05) is 48.2 Å². The highest BCUT2D eigenvalue weighted by molar-refractivity contribution is 7.99. The fourth-order valence-electron chi connectivity index (χ4n) is 5.99. The van der Waals surface area contributed by atoms with E-state index in [0.29, 0.717) is 6.61 Å². The number of hydrogen-bond donors (Lipinski definition) is 2. The molecule has 0 amide bonds. The SMILES string of the molecule is Cc1cc(-c2cc3c(cc2C)N(CCN2CCOCC2)c2ccc(-c4ccc5c(c4)OCCN5)cc2S3)ccc1N. The Morgan fingerprint density at radius 2 is 1.56 bits per heavy atom. The van der Waals surface area contributed by atoms with E-state index >= 15 is 0 Å². The van der Waals surface area contributed by atoms with Crippen molar-refractivity contribution in [2.75, 3.05) is 68.5 Å². The first-order chi connectivity index (χ1) is 20.0. The van der Waals surface area contributed by atoms with E-state index in [2.05, 4.69) is 89.6 Å². The van der Waals surface area contributed by atoms with Crippen molar-refractivity contribution < 1.29 is 9.47 Å². The molecule has 3 heterocycles. The fraction of sp³-hybridized carbons (Fsp3) is 0.294. The molecule has 3 N–H and O–H groups in total. The minimum Gasteiger partial charge on any atom is -0.490 e. The van der Waals surface area contributed by atoms with Gasteiger partial charge >= 0.3 is 0 Å². The number of anilines is 4. The van der Waals surface area contributed by atoms with Gasteiger partial charge in [-0.3, -0.25) is 4.90 Å². The molecular weight excluding hydrogens is 528 g/mol. The maximum Gasteiger partial charge on any atom is 0.143 e. The van der Waals surface area contributed by atoms with Gasteiger partial charge in [-0.2, -0.15) is 0 Å². The molecule has 0 atom stereocenters. The minimum atomic E-state index is 0.695. The normalized spacial score (nSPS) is 16.3. The van der Waals surface area contributed by atoms with Crippen molar-refractivity contribution >= 4 is 34.5 Å². The number of fused-ring (bicyclic) bond motifs is 3. The molecule has 3 aliphatic rings. The summed E-state index contributed by atoms with van der Waals surface area (Å²) >= 11 is 1.87. The van der Waals surface area contributed by atoms with Crippen LogP contribution in [0.25, 0.3) is 22.3 Å². The van der Waals surface area contributed by atoms with E-state index in [-0.39, 0.29) is 0 Å². The molecule has 0 spiro atoms. The molecule has 0 aliphatic carbocycles. The van der Waals surface area contributed by atoms with E-state index < -0.39 is 0 Å². The lowest BCUT2D eigenvalue weighted by Crippen LogP contribution is -2.41. The molecule has 41 heavy (non-hydrogen) atoms. The zero-order chi connectivity index (χ0) is 27.9. The Balaban J connectivity index is 1.28. The Labute approximate surface area is 246 Å². The average molecular weight is 565 g/mol. The van der Waals surface area contributed by atoms with Crippen LogP contribution in [0.5, 0.6) is 5.75 Å². The molecule has 0 radical (unpaired) electrons. The molecule has 0 bridgehead atoms. The average Bonchev–Trinajstić information content (AvgIpc) is 3.00. The lowest BCUT2D eigenvalue weighted by Gasteiger charge is -2.36. The molecule has 1 saturated heterocycles. The Kier molecular flexibility index (Phi) is 7.03. The number of aryl methyl sites for hydroxylation is 2. The first-order valence-electron chi connectivity index (χ1n) is 14.5. The number of nitrogens with two attached hydrogens (primary N) is 1. The third kappa shape index (κ3) is 5.14. The molecule has 1 fully saturated rings. The summed E-state index contributed by atoms with van der Waals surface area (Å²) in [4.78, 5) is 7.59. The summed E-state index contributed by atoms with van der Waals surface area (Å²) in [5.74, 6) is 0.926. The van der Waals surface area contributed by atoms with Gasteiger partial charge in [-0.05, 0) is 95.8 Å². The van der Waals surface area contributed by atoms with Crippen LogP contribution in [0, 0.1) is 13.8 Å². The predicted molar refractivity (Wildman–Crippen MR) is 170 cm³/mol. The summed E-state index contributed by atoms with van der Waals surface area (Å²) < 4.78 is 11.5. The summed E-state index contributed by atoms with van der Waals surface area (Å²) in [5, 5.41) is 3.42. The predicted octanol–water partition coefficient (Wildman–Crippen LogP) is 6.96. The molecule has 0 saturated carbocycles. The minimum absolute atomic E-state index is 0.695. The first-order valence-corrected chi connectivity index (χ1v) is 15.3. The Morgan fingerprint density at radius 3 is 2.41 bits per heavy atom. The number of morpholine rings is 1. The molecule has 0 aromatic heterocycles. The Hall–Kier alpha value is -3.65. The second-order valence-electron chi connectivity index (χ2n) is 11.1. The molecule has 4 aromatic rings. The van der Waals surface area contributed by atoms with Crippen LogP contribution in [0.3, 0.4) is 0 Å². The third-order valence-corrected chi connectivity index (χ3v) is 9.48. The summed E-state index contributed by atoms with van der Waals surface area (Å²) in [6, 6.07) is 24.5. The lowest BCUT2D eigenvalue weighted by molar-refractivity contribution is 0.0394. The van der Waals surface area contributed by atoms with E-state index in [1.165, 1.54) is 49.0 Å². The van der Waals surface area contributed by atoms with Gasteiger partial charge in [-0.1, -0.05) is 30.0 Å². The topological polar surface area (TPSA) is 63.0 Å². The molecule has 0 unspecified atom stereocenters. The second-order valence-corrected chi connectivity index (χ2v) is 12.2. The highest BCUT2D eigenvalue weighted by Crippen LogP contribution is 2.51. The van der Waals surface area contributed by atoms with Gasteiger partial charge in [0.15, 0.2) is 0 Å². The van der Waals surface area contributed by atoms with Gasteiger partial charge in [0.25, 0.3) is 0 Å². The van der Waals surface area contributed by atoms with Crippen molar-refractivity contribution in [1.82, 2.24) is 4.90 Å². The summed E-state index contributed by atoms with van der Waals surface area (Å²) in [6.07, 6.45) is 0.